The maximum Gasteiger partial charge on any atom is 0.00947 e. The SMILES string of the molecule is CN1CC[C@H](N)[C@H](Cc2ccccc2)C1. The van der Waals surface area contributed by atoms with E-state index in [1.165, 1.54) is 5.56 Å². The molecule has 0 spiro atoms. The number of likely N-dealkylation sites (tertiary alicyclic amines) is 1. The standard InChI is InChI=1S/C13H20N2/c1-15-8-7-13(14)12(10-15)9-11-5-3-2-4-6-11/h2-6,12-13H,7-10,14H2,1H3/t12-,13+/m1/s1. The topological polar surface area (TPSA) is 29.3 Å². The van der Waals surface area contributed by atoms with Crippen molar-refractivity contribution in [1.29, 1.82) is 0 Å². The van der Waals surface area contributed by atoms with Crippen molar-refractivity contribution in [2.75, 3.05) is 20.1 Å². The predicted octanol–water partition coefficient (Wildman–Crippen LogP) is 1.51. The number of piperidine rings is 1. The van der Waals surface area contributed by atoms with Crippen molar-refractivity contribution in [1.82, 2.24) is 4.90 Å². The molecule has 0 bridgehead atoms. The lowest BCUT2D eigenvalue weighted by Crippen LogP contribution is -2.46. The molecule has 1 heterocycles. The average Bonchev–Trinajstić information content (AvgIpc) is 2.25. The Kier molecular flexibility index (Phi) is 3.39. The Bertz CT molecular complexity index is 297. The van der Waals surface area contributed by atoms with Crippen LogP contribution >= 0.6 is 0 Å². The molecule has 0 radical (unpaired) electrons. The van der Waals surface area contributed by atoms with Crippen LogP contribution in [-0.2, 0) is 6.42 Å². The van der Waals surface area contributed by atoms with Crippen molar-refractivity contribution in [3.05, 3.63) is 35.9 Å². The second-order valence-corrected chi connectivity index (χ2v) is 4.66. The molecule has 0 amide bonds. The summed E-state index contributed by atoms with van der Waals surface area (Å²) < 4.78 is 0. The summed E-state index contributed by atoms with van der Waals surface area (Å²) in [7, 11) is 2.18. The van der Waals surface area contributed by atoms with Crippen molar-refractivity contribution in [2.45, 2.75) is 18.9 Å². The molecule has 0 aromatic heterocycles. The van der Waals surface area contributed by atoms with E-state index in [0.717, 1.165) is 25.9 Å². The molecule has 0 saturated carbocycles. The molecule has 1 aromatic rings. The molecule has 0 aliphatic carbocycles. The van der Waals surface area contributed by atoms with Crippen LogP contribution in [0.2, 0.25) is 0 Å². The Morgan fingerprint density at radius 2 is 2.07 bits per heavy atom. The Labute approximate surface area is 92.1 Å². The summed E-state index contributed by atoms with van der Waals surface area (Å²) in [4.78, 5) is 2.39. The molecule has 82 valence electrons. The minimum absolute atomic E-state index is 0.376. The lowest BCUT2D eigenvalue weighted by molar-refractivity contribution is 0.185. The van der Waals surface area contributed by atoms with E-state index >= 15 is 0 Å². The normalized spacial score (nSPS) is 27.9. The second-order valence-electron chi connectivity index (χ2n) is 4.66. The van der Waals surface area contributed by atoms with E-state index in [-0.39, 0.29) is 0 Å². The Morgan fingerprint density at radius 1 is 1.33 bits per heavy atom. The van der Waals surface area contributed by atoms with Gasteiger partial charge in [0.1, 0.15) is 0 Å². The van der Waals surface area contributed by atoms with E-state index < -0.39 is 0 Å². The largest absolute Gasteiger partial charge is 0.327 e. The molecule has 2 N–H and O–H groups in total. The number of nitrogens with zero attached hydrogens (tertiary/aromatic N) is 1. The number of nitrogens with two attached hydrogens (primary N) is 1. The molecule has 1 fully saturated rings. The molecule has 2 nitrogen and oxygen atoms in total. The highest BCUT2D eigenvalue weighted by molar-refractivity contribution is 5.15. The fourth-order valence-electron chi connectivity index (χ4n) is 2.36. The monoisotopic (exact) mass is 204 g/mol. The third-order valence-corrected chi connectivity index (χ3v) is 3.34. The smallest absolute Gasteiger partial charge is 0.00947 e. The van der Waals surface area contributed by atoms with E-state index in [1.807, 2.05) is 0 Å². The molecule has 2 heteroatoms. The van der Waals surface area contributed by atoms with E-state index in [2.05, 4.69) is 42.3 Å². The highest BCUT2D eigenvalue weighted by Crippen LogP contribution is 2.18. The second kappa shape index (κ2) is 4.77. The summed E-state index contributed by atoms with van der Waals surface area (Å²) in [5, 5.41) is 0. The first-order valence-corrected chi connectivity index (χ1v) is 5.74. The molecular weight excluding hydrogens is 184 g/mol. The van der Waals surface area contributed by atoms with E-state index in [4.69, 9.17) is 5.73 Å². The van der Waals surface area contributed by atoms with Gasteiger partial charge in [0.05, 0.1) is 0 Å². The first kappa shape index (κ1) is 10.7. The van der Waals surface area contributed by atoms with Gasteiger partial charge in [-0.2, -0.15) is 0 Å². The quantitative estimate of drug-likeness (QED) is 0.791. The van der Waals surface area contributed by atoms with E-state index in [1.54, 1.807) is 0 Å². The molecule has 0 unspecified atom stereocenters. The van der Waals surface area contributed by atoms with Gasteiger partial charge >= 0.3 is 0 Å². The highest BCUT2D eigenvalue weighted by Gasteiger charge is 2.24. The average molecular weight is 204 g/mol. The number of benzene rings is 1. The van der Waals surface area contributed by atoms with Gasteiger partial charge in [0.15, 0.2) is 0 Å². The van der Waals surface area contributed by atoms with Crippen LogP contribution in [0.15, 0.2) is 30.3 Å². The van der Waals surface area contributed by atoms with Gasteiger partial charge in [-0.15, -0.1) is 0 Å². The van der Waals surface area contributed by atoms with E-state index in [0.29, 0.717) is 12.0 Å². The van der Waals surface area contributed by atoms with Crippen LogP contribution < -0.4 is 5.73 Å². The maximum absolute atomic E-state index is 6.16. The fraction of sp³-hybridized carbons (Fsp3) is 0.538. The molecule has 2 atom stereocenters. The Hall–Kier alpha value is -0.860. The third kappa shape index (κ3) is 2.80. The summed E-state index contributed by atoms with van der Waals surface area (Å²) >= 11 is 0. The van der Waals surface area contributed by atoms with Gasteiger partial charge in [-0.1, -0.05) is 30.3 Å². The zero-order chi connectivity index (χ0) is 10.7. The third-order valence-electron chi connectivity index (χ3n) is 3.34. The zero-order valence-electron chi connectivity index (χ0n) is 9.39. The first-order chi connectivity index (χ1) is 7.25. The van der Waals surface area contributed by atoms with E-state index in [9.17, 15) is 0 Å². The van der Waals surface area contributed by atoms with Crippen LogP contribution in [0.3, 0.4) is 0 Å². The van der Waals surface area contributed by atoms with Crippen molar-refractivity contribution in [3.63, 3.8) is 0 Å². The highest BCUT2D eigenvalue weighted by atomic mass is 15.1. The Balaban J connectivity index is 1.98. The van der Waals surface area contributed by atoms with Crippen LogP contribution in [0.1, 0.15) is 12.0 Å². The Morgan fingerprint density at radius 3 is 2.80 bits per heavy atom. The predicted molar refractivity (Wildman–Crippen MR) is 63.7 cm³/mol. The van der Waals surface area contributed by atoms with Crippen molar-refractivity contribution >= 4 is 0 Å². The van der Waals surface area contributed by atoms with Crippen LogP contribution in [0.4, 0.5) is 0 Å². The van der Waals surface area contributed by atoms with Gasteiger partial charge in [0.2, 0.25) is 0 Å². The van der Waals surface area contributed by atoms with Crippen molar-refractivity contribution < 1.29 is 0 Å². The van der Waals surface area contributed by atoms with Gasteiger partial charge in [-0.25, -0.2) is 0 Å². The number of hydrogen-bond acceptors (Lipinski definition) is 2. The number of hydrogen-bond donors (Lipinski definition) is 1. The first-order valence-electron chi connectivity index (χ1n) is 5.74. The van der Waals surface area contributed by atoms with Gasteiger partial charge in [-0.3, -0.25) is 0 Å². The van der Waals surface area contributed by atoms with Gasteiger partial charge in [0.25, 0.3) is 0 Å². The maximum atomic E-state index is 6.16. The molecule has 2 rings (SSSR count). The number of rotatable bonds is 2. The minimum atomic E-state index is 0.376. The van der Waals surface area contributed by atoms with Crippen LogP contribution in [0.5, 0.6) is 0 Å². The fourth-order valence-corrected chi connectivity index (χ4v) is 2.36. The molecular formula is C13H20N2. The lowest BCUT2D eigenvalue weighted by atomic mass is 9.87. The molecule has 1 aliphatic rings. The summed E-state index contributed by atoms with van der Waals surface area (Å²) in [5.41, 5.74) is 7.57. The summed E-state index contributed by atoms with van der Waals surface area (Å²) in [6, 6.07) is 11.0. The molecule has 1 aromatic carbocycles. The van der Waals surface area contributed by atoms with Crippen LogP contribution in [0, 0.1) is 5.92 Å². The molecule has 15 heavy (non-hydrogen) atoms. The minimum Gasteiger partial charge on any atom is -0.327 e. The van der Waals surface area contributed by atoms with Crippen molar-refractivity contribution in [2.24, 2.45) is 11.7 Å². The lowest BCUT2D eigenvalue weighted by Gasteiger charge is -2.34. The summed E-state index contributed by atoms with van der Waals surface area (Å²) in [5.74, 6) is 0.617. The molecule has 1 saturated heterocycles. The summed E-state index contributed by atoms with van der Waals surface area (Å²) in [6.45, 7) is 2.28. The van der Waals surface area contributed by atoms with Gasteiger partial charge in [-0.05, 0) is 37.9 Å². The summed E-state index contributed by atoms with van der Waals surface area (Å²) in [6.07, 6.45) is 2.25. The van der Waals surface area contributed by atoms with Crippen LogP contribution in [-0.4, -0.2) is 31.1 Å². The van der Waals surface area contributed by atoms with Crippen molar-refractivity contribution in [3.8, 4) is 0 Å². The molecule has 1 aliphatic heterocycles. The van der Waals surface area contributed by atoms with Gasteiger partial charge in [0, 0.05) is 12.6 Å². The van der Waals surface area contributed by atoms with Crippen LogP contribution in [0.25, 0.3) is 0 Å². The van der Waals surface area contributed by atoms with Gasteiger partial charge < -0.3 is 10.6 Å². The zero-order valence-corrected chi connectivity index (χ0v) is 9.39.